The van der Waals surface area contributed by atoms with Crippen molar-refractivity contribution < 1.29 is 9.53 Å². The van der Waals surface area contributed by atoms with Crippen molar-refractivity contribution in [3.63, 3.8) is 0 Å². The highest BCUT2D eigenvalue weighted by atomic mass is 16.5. The topological polar surface area (TPSA) is 55.6 Å². The highest BCUT2D eigenvalue weighted by molar-refractivity contribution is 5.81. The number of amides is 1. The van der Waals surface area contributed by atoms with Crippen molar-refractivity contribution in [2.75, 3.05) is 20.3 Å². The molecule has 1 saturated heterocycles. The minimum atomic E-state index is -0.396. The maximum atomic E-state index is 11.5. The fourth-order valence-electron chi connectivity index (χ4n) is 1.57. The Hall–Kier alpha value is -0.610. The summed E-state index contributed by atoms with van der Waals surface area (Å²) in [7, 11) is 1.82. The molecule has 1 aliphatic rings. The van der Waals surface area contributed by atoms with E-state index in [1.807, 2.05) is 7.05 Å². The predicted molar refractivity (Wildman–Crippen MR) is 50.3 cm³/mol. The first-order valence-corrected chi connectivity index (χ1v) is 4.73. The van der Waals surface area contributed by atoms with Crippen LogP contribution in [0.25, 0.3) is 0 Å². The van der Waals surface area contributed by atoms with Gasteiger partial charge in [0.15, 0.2) is 0 Å². The van der Waals surface area contributed by atoms with Crippen LogP contribution in [0.3, 0.4) is 0 Å². The van der Waals surface area contributed by atoms with Gasteiger partial charge in [-0.25, -0.2) is 0 Å². The lowest BCUT2D eigenvalue weighted by molar-refractivity contribution is -0.134. The van der Waals surface area contributed by atoms with Crippen LogP contribution in [0.5, 0.6) is 0 Å². The number of hydrogen-bond donors (Lipinski definition) is 1. The zero-order valence-electron chi connectivity index (χ0n) is 8.32. The summed E-state index contributed by atoms with van der Waals surface area (Å²) in [6, 6.07) is -0.0832. The Labute approximate surface area is 79.0 Å². The van der Waals surface area contributed by atoms with Gasteiger partial charge in [0.05, 0.1) is 6.04 Å². The van der Waals surface area contributed by atoms with Crippen molar-refractivity contribution >= 4 is 5.91 Å². The molecular weight excluding hydrogens is 168 g/mol. The number of nitrogens with zero attached hydrogens (tertiary/aromatic N) is 1. The molecule has 4 heteroatoms. The standard InChI is InChI=1S/C9H18N2O2/c1-7(10)9(12)11(2)8-3-5-13-6-4-8/h7-8H,3-6,10H2,1-2H3/t7-/m0/s1. The van der Waals surface area contributed by atoms with Gasteiger partial charge < -0.3 is 15.4 Å². The first-order valence-electron chi connectivity index (χ1n) is 4.73. The third-order valence-corrected chi connectivity index (χ3v) is 2.48. The summed E-state index contributed by atoms with van der Waals surface area (Å²) in [5, 5.41) is 0. The van der Waals surface area contributed by atoms with Gasteiger partial charge in [-0.05, 0) is 19.8 Å². The Balaban J connectivity index is 2.45. The first kappa shape index (κ1) is 10.5. The van der Waals surface area contributed by atoms with Gasteiger partial charge in [-0.15, -0.1) is 0 Å². The van der Waals surface area contributed by atoms with Crippen molar-refractivity contribution in [2.24, 2.45) is 5.73 Å². The third-order valence-electron chi connectivity index (χ3n) is 2.48. The monoisotopic (exact) mass is 186 g/mol. The second-order valence-electron chi connectivity index (χ2n) is 3.58. The van der Waals surface area contributed by atoms with E-state index < -0.39 is 6.04 Å². The SMILES string of the molecule is C[C@H](N)C(=O)N(C)C1CCOCC1. The summed E-state index contributed by atoms with van der Waals surface area (Å²) in [4.78, 5) is 13.3. The lowest BCUT2D eigenvalue weighted by atomic mass is 10.1. The second kappa shape index (κ2) is 4.58. The first-order chi connectivity index (χ1) is 6.13. The molecule has 0 aliphatic carbocycles. The van der Waals surface area contributed by atoms with Gasteiger partial charge >= 0.3 is 0 Å². The lowest BCUT2D eigenvalue weighted by Crippen LogP contribution is -2.47. The molecule has 0 saturated carbocycles. The molecule has 0 spiro atoms. The minimum absolute atomic E-state index is 0.0203. The number of rotatable bonds is 2. The number of carbonyl (C=O) groups excluding carboxylic acids is 1. The van der Waals surface area contributed by atoms with Gasteiger partial charge in [0.1, 0.15) is 0 Å². The molecule has 0 aromatic heterocycles. The van der Waals surface area contributed by atoms with Crippen LogP contribution in [0.1, 0.15) is 19.8 Å². The largest absolute Gasteiger partial charge is 0.381 e. The molecule has 13 heavy (non-hydrogen) atoms. The van der Waals surface area contributed by atoms with E-state index in [2.05, 4.69) is 0 Å². The molecule has 1 heterocycles. The van der Waals surface area contributed by atoms with Gasteiger partial charge in [-0.1, -0.05) is 0 Å². The van der Waals surface area contributed by atoms with Crippen LogP contribution in [-0.4, -0.2) is 43.2 Å². The quantitative estimate of drug-likeness (QED) is 0.659. The second-order valence-corrected chi connectivity index (χ2v) is 3.58. The highest BCUT2D eigenvalue weighted by Gasteiger charge is 2.23. The van der Waals surface area contributed by atoms with Gasteiger partial charge in [-0.2, -0.15) is 0 Å². The summed E-state index contributed by atoms with van der Waals surface area (Å²) >= 11 is 0. The molecule has 0 bridgehead atoms. The lowest BCUT2D eigenvalue weighted by Gasteiger charge is -2.32. The molecular formula is C9H18N2O2. The predicted octanol–water partition coefficient (Wildman–Crippen LogP) is -0.0290. The summed E-state index contributed by atoms with van der Waals surface area (Å²) < 4.78 is 5.22. The number of nitrogens with two attached hydrogens (primary N) is 1. The van der Waals surface area contributed by atoms with Crippen molar-refractivity contribution in [2.45, 2.75) is 31.8 Å². The van der Waals surface area contributed by atoms with Gasteiger partial charge in [0.2, 0.25) is 5.91 Å². The van der Waals surface area contributed by atoms with Crippen molar-refractivity contribution in [1.82, 2.24) is 4.90 Å². The van der Waals surface area contributed by atoms with Crippen LogP contribution in [0.2, 0.25) is 0 Å². The number of hydrogen-bond acceptors (Lipinski definition) is 3. The maximum Gasteiger partial charge on any atom is 0.239 e. The van der Waals surface area contributed by atoms with E-state index in [-0.39, 0.29) is 5.91 Å². The molecule has 1 fully saturated rings. The van der Waals surface area contributed by atoms with Crippen molar-refractivity contribution in [1.29, 1.82) is 0 Å². The van der Waals surface area contributed by atoms with Crippen molar-refractivity contribution in [3.8, 4) is 0 Å². The summed E-state index contributed by atoms with van der Waals surface area (Å²) in [6.45, 7) is 3.22. The molecule has 2 N–H and O–H groups in total. The summed E-state index contributed by atoms with van der Waals surface area (Å²) in [5.74, 6) is 0.0203. The van der Waals surface area contributed by atoms with E-state index >= 15 is 0 Å². The fourth-order valence-corrected chi connectivity index (χ4v) is 1.57. The molecule has 1 atom stereocenters. The normalized spacial score (nSPS) is 21.2. The van der Waals surface area contributed by atoms with E-state index in [0.29, 0.717) is 6.04 Å². The van der Waals surface area contributed by atoms with E-state index in [1.165, 1.54) is 0 Å². The number of ether oxygens (including phenoxy) is 1. The van der Waals surface area contributed by atoms with E-state index in [4.69, 9.17) is 10.5 Å². The zero-order valence-corrected chi connectivity index (χ0v) is 8.32. The smallest absolute Gasteiger partial charge is 0.239 e. The third kappa shape index (κ3) is 2.67. The van der Waals surface area contributed by atoms with Crippen LogP contribution in [0, 0.1) is 0 Å². The van der Waals surface area contributed by atoms with Crippen LogP contribution in [-0.2, 0) is 9.53 Å². The van der Waals surface area contributed by atoms with E-state index in [0.717, 1.165) is 26.1 Å². The molecule has 0 radical (unpaired) electrons. The minimum Gasteiger partial charge on any atom is -0.381 e. The Bertz CT molecular complexity index is 176. The fraction of sp³-hybridized carbons (Fsp3) is 0.889. The van der Waals surface area contributed by atoms with Crippen LogP contribution in [0.4, 0.5) is 0 Å². The van der Waals surface area contributed by atoms with E-state index in [9.17, 15) is 4.79 Å². The van der Waals surface area contributed by atoms with E-state index in [1.54, 1.807) is 11.8 Å². The number of likely N-dealkylation sites (N-methyl/N-ethyl adjacent to an activating group) is 1. The summed E-state index contributed by atoms with van der Waals surface area (Å²) in [5.41, 5.74) is 5.52. The zero-order chi connectivity index (χ0) is 9.84. The Morgan fingerprint density at radius 1 is 1.54 bits per heavy atom. The molecule has 4 nitrogen and oxygen atoms in total. The molecule has 1 aliphatic heterocycles. The van der Waals surface area contributed by atoms with Crippen LogP contribution >= 0.6 is 0 Å². The highest BCUT2D eigenvalue weighted by Crippen LogP contribution is 2.13. The molecule has 0 unspecified atom stereocenters. The molecule has 0 aromatic carbocycles. The van der Waals surface area contributed by atoms with Gasteiger partial charge in [-0.3, -0.25) is 4.79 Å². The van der Waals surface area contributed by atoms with Crippen LogP contribution in [0.15, 0.2) is 0 Å². The molecule has 1 rings (SSSR count). The molecule has 0 aromatic rings. The molecule has 76 valence electrons. The Kier molecular flexibility index (Phi) is 3.69. The van der Waals surface area contributed by atoms with Gasteiger partial charge in [0, 0.05) is 26.3 Å². The average molecular weight is 186 g/mol. The van der Waals surface area contributed by atoms with Gasteiger partial charge in [0.25, 0.3) is 0 Å². The van der Waals surface area contributed by atoms with Crippen molar-refractivity contribution in [3.05, 3.63) is 0 Å². The Morgan fingerprint density at radius 3 is 2.54 bits per heavy atom. The number of carbonyl (C=O) groups is 1. The van der Waals surface area contributed by atoms with Crippen LogP contribution < -0.4 is 5.73 Å². The summed E-state index contributed by atoms with van der Waals surface area (Å²) in [6.07, 6.45) is 1.85. The molecule has 1 amide bonds. The maximum absolute atomic E-state index is 11.5. The Morgan fingerprint density at radius 2 is 2.08 bits per heavy atom. The average Bonchev–Trinajstić information content (AvgIpc) is 2.17.